The van der Waals surface area contributed by atoms with Crippen molar-refractivity contribution in [3.8, 4) is 11.1 Å². The predicted molar refractivity (Wildman–Crippen MR) is 89.6 cm³/mol. The zero-order valence-electron chi connectivity index (χ0n) is 12.8. The Morgan fingerprint density at radius 3 is 2.74 bits per heavy atom. The first-order chi connectivity index (χ1) is 11.2. The molecule has 1 atom stereocenters. The minimum atomic E-state index is -0.165. The molecule has 3 saturated heterocycles. The Morgan fingerprint density at radius 1 is 1.26 bits per heavy atom. The molecule has 1 amide bonds. The van der Waals surface area contributed by atoms with E-state index >= 15 is 0 Å². The number of rotatable bonds is 2. The summed E-state index contributed by atoms with van der Waals surface area (Å²) in [4.78, 5) is 14.9. The number of nitrogens with one attached hydrogen (secondary N) is 1. The van der Waals surface area contributed by atoms with E-state index < -0.39 is 0 Å². The number of nitrogens with zero attached hydrogens (tertiary/aromatic N) is 3. The van der Waals surface area contributed by atoms with Gasteiger partial charge in [-0.05, 0) is 37.9 Å². The van der Waals surface area contributed by atoms with Crippen LogP contribution in [0.2, 0.25) is 5.02 Å². The maximum atomic E-state index is 12.5. The molecular weight excluding hydrogens is 312 g/mol. The maximum Gasteiger partial charge on any atom is 0.342 e. The van der Waals surface area contributed by atoms with Gasteiger partial charge in [-0.3, -0.25) is 0 Å². The SMILES string of the molecule is O=C(NC1CN2CCC1CC2)n1cc(-c2ccccc2Cl)cn1. The average Bonchev–Trinajstić information content (AvgIpc) is 3.06. The van der Waals surface area contributed by atoms with Crippen molar-refractivity contribution in [3.63, 3.8) is 0 Å². The van der Waals surface area contributed by atoms with Gasteiger partial charge in [-0.1, -0.05) is 29.8 Å². The molecule has 120 valence electrons. The van der Waals surface area contributed by atoms with E-state index in [2.05, 4.69) is 15.3 Å². The van der Waals surface area contributed by atoms with Gasteiger partial charge < -0.3 is 10.2 Å². The standard InChI is InChI=1S/C17H19ClN4O/c18-15-4-2-1-3-14(15)13-9-19-22(10-13)17(23)20-16-11-21-7-5-12(16)6-8-21/h1-4,9-10,12,16H,5-8,11H2,(H,20,23). The first-order valence-corrected chi connectivity index (χ1v) is 8.41. The van der Waals surface area contributed by atoms with Crippen molar-refractivity contribution in [2.75, 3.05) is 19.6 Å². The summed E-state index contributed by atoms with van der Waals surface area (Å²) < 4.78 is 1.37. The van der Waals surface area contributed by atoms with Crippen molar-refractivity contribution < 1.29 is 4.79 Å². The van der Waals surface area contributed by atoms with Crippen LogP contribution in [0.3, 0.4) is 0 Å². The number of benzene rings is 1. The topological polar surface area (TPSA) is 50.2 Å². The summed E-state index contributed by atoms with van der Waals surface area (Å²) in [6.45, 7) is 3.28. The lowest BCUT2D eigenvalue weighted by molar-refractivity contribution is 0.0765. The smallest absolute Gasteiger partial charge is 0.332 e. The van der Waals surface area contributed by atoms with Crippen LogP contribution in [0.5, 0.6) is 0 Å². The molecule has 1 unspecified atom stereocenters. The fourth-order valence-electron chi connectivity index (χ4n) is 3.62. The highest BCUT2D eigenvalue weighted by atomic mass is 35.5. The van der Waals surface area contributed by atoms with E-state index in [0.29, 0.717) is 10.9 Å². The van der Waals surface area contributed by atoms with Gasteiger partial charge in [-0.15, -0.1) is 0 Å². The molecular formula is C17H19ClN4O. The fraction of sp³-hybridized carbons (Fsp3) is 0.412. The zero-order chi connectivity index (χ0) is 15.8. The molecule has 4 heterocycles. The second-order valence-electron chi connectivity index (χ2n) is 6.35. The quantitative estimate of drug-likeness (QED) is 0.921. The minimum Gasteiger partial charge on any atom is -0.332 e. The van der Waals surface area contributed by atoms with Crippen LogP contribution in [0.4, 0.5) is 4.79 Å². The summed E-state index contributed by atoms with van der Waals surface area (Å²) in [5, 5.41) is 7.98. The maximum absolute atomic E-state index is 12.5. The first-order valence-electron chi connectivity index (χ1n) is 8.03. The molecule has 23 heavy (non-hydrogen) atoms. The number of hydrogen-bond acceptors (Lipinski definition) is 3. The number of aromatic nitrogens is 2. The van der Waals surface area contributed by atoms with Crippen molar-refractivity contribution in [1.29, 1.82) is 0 Å². The van der Waals surface area contributed by atoms with Gasteiger partial charge in [0.2, 0.25) is 0 Å². The van der Waals surface area contributed by atoms with Crippen LogP contribution in [0, 0.1) is 5.92 Å². The Labute approximate surface area is 140 Å². The molecule has 1 aromatic carbocycles. The number of halogens is 1. The molecule has 2 aromatic rings. The first kappa shape index (κ1) is 14.7. The molecule has 0 radical (unpaired) electrons. The second-order valence-corrected chi connectivity index (χ2v) is 6.75. The lowest BCUT2D eigenvalue weighted by Gasteiger charge is -2.44. The summed E-state index contributed by atoms with van der Waals surface area (Å²) >= 11 is 6.20. The Balaban J connectivity index is 1.48. The summed E-state index contributed by atoms with van der Waals surface area (Å²) in [6, 6.07) is 7.64. The summed E-state index contributed by atoms with van der Waals surface area (Å²) in [6.07, 6.45) is 5.76. The highest BCUT2D eigenvalue weighted by molar-refractivity contribution is 6.33. The molecule has 2 bridgehead atoms. The molecule has 6 heteroatoms. The van der Waals surface area contributed by atoms with Crippen molar-refractivity contribution in [1.82, 2.24) is 20.0 Å². The second kappa shape index (κ2) is 5.98. The fourth-order valence-corrected chi connectivity index (χ4v) is 3.87. The number of hydrogen-bond donors (Lipinski definition) is 1. The summed E-state index contributed by atoms with van der Waals surface area (Å²) in [5.41, 5.74) is 1.73. The third kappa shape index (κ3) is 2.86. The third-order valence-corrected chi connectivity index (χ3v) is 5.27. The van der Waals surface area contributed by atoms with Crippen LogP contribution >= 0.6 is 11.6 Å². The van der Waals surface area contributed by atoms with E-state index in [1.807, 2.05) is 24.3 Å². The van der Waals surface area contributed by atoms with Crippen LogP contribution in [0.15, 0.2) is 36.7 Å². The Morgan fingerprint density at radius 2 is 2.04 bits per heavy atom. The molecule has 3 aliphatic heterocycles. The van der Waals surface area contributed by atoms with Crippen LogP contribution in [-0.2, 0) is 0 Å². The Bertz CT molecular complexity index is 721. The van der Waals surface area contributed by atoms with Crippen LogP contribution in [0.1, 0.15) is 12.8 Å². The van der Waals surface area contributed by atoms with Gasteiger partial charge in [0, 0.05) is 34.9 Å². The van der Waals surface area contributed by atoms with Gasteiger partial charge in [0.15, 0.2) is 0 Å². The van der Waals surface area contributed by atoms with Gasteiger partial charge >= 0.3 is 6.03 Å². The number of piperidine rings is 3. The van der Waals surface area contributed by atoms with Crippen LogP contribution < -0.4 is 5.32 Å². The van der Waals surface area contributed by atoms with E-state index in [1.165, 1.54) is 17.5 Å². The highest BCUT2D eigenvalue weighted by Gasteiger charge is 2.35. The van der Waals surface area contributed by atoms with E-state index in [9.17, 15) is 4.79 Å². The van der Waals surface area contributed by atoms with Gasteiger partial charge in [-0.25, -0.2) is 4.79 Å². The lowest BCUT2D eigenvalue weighted by Crippen LogP contribution is -2.57. The summed E-state index contributed by atoms with van der Waals surface area (Å²) in [7, 11) is 0. The van der Waals surface area contributed by atoms with Gasteiger partial charge in [0.1, 0.15) is 0 Å². The lowest BCUT2D eigenvalue weighted by atomic mass is 9.84. The normalized spacial score (nSPS) is 26.2. The van der Waals surface area contributed by atoms with E-state index in [4.69, 9.17) is 11.6 Å². The van der Waals surface area contributed by atoms with Crippen molar-refractivity contribution in [2.45, 2.75) is 18.9 Å². The molecule has 5 nitrogen and oxygen atoms in total. The van der Waals surface area contributed by atoms with Crippen LogP contribution in [0.25, 0.3) is 11.1 Å². The number of carbonyl (C=O) groups excluding carboxylic acids is 1. The van der Waals surface area contributed by atoms with Crippen molar-refractivity contribution in [3.05, 3.63) is 41.7 Å². The van der Waals surface area contributed by atoms with Gasteiger partial charge in [0.25, 0.3) is 0 Å². The molecule has 3 aliphatic rings. The molecule has 0 saturated carbocycles. The number of fused-ring (bicyclic) bond motifs is 3. The Hall–Kier alpha value is -1.85. The molecule has 5 rings (SSSR count). The minimum absolute atomic E-state index is 0.165. The van der Waals surface area contributed by atoms with Crippen LogP contribution in [-0.4, -0.2) is 46.4 Å². The van der Waals surface area contributed by atoms with E-state index in [1.54, 1.807) is 12.4 Å². The monoisotopic (exact) mass is 330 g/mol. The molecule has 0 aliphatic carbocycles. The van der Waals surface area contributed by atoms with Crippen molar-refractivity contribution in [2.24, 2.45) is 5.92 Å². The third-order valence-electron chi connectivity index (χ3n) is 4.94. The molecule has 3 fully saturated rings. The highest BCUT2D eigenvalue weighted by Crippen LogP contribution is 2.28. The van der Waals surface area contributed by atoms with E-state index in [0.717, 1.165) is 30.8 Å². The summed E-state index contributed by atoms with van der Waals surface area (Å²) in [5.74, 6) is 0.600. The van der Waals surface area contributed by atoms with Gasteiger partial charge in [0.05, 0.1) is 6.20 Å². The number of carbonyl (C=O) groups is 1. The van der Waals surface area contributed by atoms with E-state index in [-0.39, 0.29) is 12.1 Å². The Kier molecular flexibility index (Phi) is 3.83. The zero-order valence-corrected chi connectivity index (χ0v) is 13.5. The molecule has 0 spiro atoms. The molecule has 1 aromatic heterocycles. The largest absolute Gasteiger partial charge is 0.342 e. The average molecular weight is 331 g/mol. The van der Waals surface area contributed by atoms with Crippen molar-refractivity contribution >= 4 is 17.6 Å². The molecule has 1 N–H and O–H groups in total. The number of amides is 1. The predicted octanol–water partition coefficient (Wildman–Crippen LogP) is 2.86. The van der Waals surface area contributed by atoms with Gasteiger partial charge in [-0.2, -0.15) is 9.78 Å².